The molecule has 0 fully saturated rings. The summed E-state index contributed by atoms with van der Waals surface area (Å²) in [6.07, 6.45) is 2.49. The van der Waals surface area contributed by atoms with Gasteiger partial charge in [0.05, 0.1) is 12.5 Å². The lowest BCUT2D eigenvalue weighted by Gasteiger charge is -1.91. The summed E-state index contributed by atoms with van der Waals surface area (Å²) < 4.78 is 17.6. The lowest BCUT2D eigenvalue weighted by molar-refractivity contribution is 0.596. The summed E-state index contributed by atoms with van der Waals surface area (Å²) in [6.45, 7) is 0. The Balaban J connectivity index is 2.93. The number of furan rings is 1. The fraction of sp³-hybridized carbons (Fsp3) is 0. The third-order valence-electron chi connectivity index (χ3n) is 1.37. The van der Waals surface area contributed by atoms with Gasteiger partial charge in [0.25, 0.3) is 0 Å². The maximum absolute atomic E-state index is 12.7. The molecule has 11 heavy (non-hydrogen) atoms. The van der Waals surface area contributed by atoms with E-state index in [1.165, 1.54) is 6.26 Å². The van der Waals surface area contributed by atoms with E-state index < -0.39 is 5.82 Å². The van der Waals surface area contributed by atoms with Crippen LogP contribution in [-0.2, 0) is 0 Å². The number of rotatable bonds is 0. The van der Waals surface area contributed by atoms with Gasteiger partial charge in [0.1, 0.15) is 10.5 Å². The highest BCUT2D eigenvalue weighted by atomic mass is 35.5. The number of fused-ring (bicyclic) bond motifs is 1. The minimum atomic E-state index is -0.561. The van der Waals surface area contributed by atoms with Crippen LogP contribution >= 0.6 is 11.6 Å². The van der Waals surface area contributed by atoms with Gasteiger partial charge in [-0.3, -0.25) is 0 Å². The van der Waals surface area contributed by atoms with Crippen molar-refractivity contribution in [1.82, 2.24) is 4.98 Å². The first kappa shape index (κ1) is 6.61. The van der Waals surface area contributed by atoms with Gasteiger partial charge >= 0.3 is 0 Å². The second kappa shape index (κ2) is 2.20. The lowest BCUT2D eigenvalue weighted by atomic mass is 10.4. The third-order valence-corrected chi connectivity index (χ3v) is 1.72. The van der Waals surface area contributed by atoms with Gasteiger partial charge in [0.15, 0.2) is 11.4 Å². The molecule has 2 nitrogen and oxygen atoms in total. The van der Waals surface area contributed by atoms with Crippen LogP contribution in [0, 0.1) is 5.82 Å². The first-order chi connectivity index (χ1) is 5.29. The molecule has 2 rings (SSSR count). The van der Waals surface area contributed by atoms with Crippen molar-refractivity contribution in [2.45, 2.75) is 0 Å². The largest absolute Gasteiger partial charge is 0.461 e. The van der Waals surface area contributed by atoms with E-state index in [1.807, 2.05) is 0 Å². The molecule has 0 radical (unpaired) electrons. The third kappa shape index (κ3) is 0.886. The second-order valence-electron chi connectivity index (χ2n) is 2.06. The van der Waals surface area contributed by atoms with Crippen LogP contribution in [0.2, 0.25) is 5.02 Å². The zero-order valence-electron chi connectivity index (χ0n) is 5.34. The summed E-state index contributed by atoms with van der Waals surface area (Å²) in [7, 11) is 0. The van der Waals surface area contributed by atoms with Crippen molar-refractivity contribution in [3.8, 4) is 0 Å². The van der Waals surface area contributed by atoms with Crippen LogP contribution < -0.4 is 0 Å². The Hall–Kier alpha value is -1.09. The van der Waals surface area contributed by atoms with Crippen LogP contribution in [0.3, 0.4) is 0 Å². The number of hydrogen-bond donors (Lipinski definition) is 0. The predicted octanol–water partition coefficient (Wildman–Crippen LogP) is 2.62. The number of aromatic nitrogens is 1. The van der Waals surface area contributed by atoms with Gasteiger partial charge in [-0.1, -0.05) is 11.6 Å². The number of hydrogen-bond acceptors (Lipinski definition) is 2. The molecule has 0 N–H and O–H groups in total. The normalized spacial score (nSPS) is 10.7. The molecule has 0 amide bonds. The summed E-state index contributed by atoms with van der Waals surface area (Å²) >= 11 is 5.56. The Bertz CT molecular complexity index is 398. The minimum Gasteiger partial charge on any atom is -0.461 e. The highest BCUT2D eigenvalue weighted by molar-refractivity contribution is 6.34. The Morgan fingerprint density at radius 2 is 2.36 bits per heavy atom. The summed E-state index contributed by atoms with van der Waals surface area (Å²) in [5, 5.41) is -0.0139. The van der Waals surface area contributed by atoms with Crippen LogP contribution in [0.25, 0.3) is 11.1 Å². The van der Waals surface area contributed by atoms with Crippen molar-refractivity contribution >= 4 is 22.7 Å². The average molecular weight is 172 g/mol. The first-order valence-corrected chi connectivity index (χ1v) is 3.34. The fourth-order valence-corrected chi connectivity index (χ4v) is 1.05. The number of nitrogens with zero attached hydrogens (tertiary/aromatic N) is 1. The summed E-state index contributed by atoms with van der Waals surface area (Å²) in [6, 6.07) is 1.63. The zero-order chi connectivity index (χ0) is 7.84. The fourth-order valence-electron chi connectivity index (χ4n) is 0.860. The van der Waals surface area contributed by atoms with Crippen LogP contribution in [0.4, 0.5) is 4.39 Å². The van der Waals surface area contributed by atoms with Crippen molar-refractivity contribution in [2.24, 2.45) is 0 Å². The molecular formula is C7H3ClFNO. The van der Waals surface area contributed by atoms with Crippen molar-refractivity contribution in [1.29, 1.82) is 0 Å². The van der Waals surface area contributed by atoms with Crippen molar-refractivity contribution in [3.05, 3.63) is 29.4 Å². The molecule has 0 spiro atoms. The highest BCUT2D eigenvalue weighted by Crippen LogP contribution is 2.24. The van der Waals surface area contributed by atoms with E-state index in [0.29, 0.717) is 11.1 Å². The Morgan fingerprint density at radius 1 is 1.55 bits per heavy atom. The highest BCUT2D eigenvalue weighted by Gasteiger charge is 2.07. The molecule has 2 heterocycles. The summed E-state index contributed by atoms with van der Waals surface area (Å²) in [5.74, 6) is -0.561. The molecule has 2 aromatic rings. The zero-order valence-corrected chi connectivity index (χ0v) is 6.10. The molecule has 0 aliphatic heterocycles. The van der Waals surface area contributed by atoms with E-state index in [9.17, 15) is 4.39 Å². The molecule has 2 aromatic heterocycles. The van der Waals surface area contributed by atoms with Gasteiger partial charge in [0.2, 0.25) is 0 Å². The van der Waals surface area contributed by atoms with E-state index in [0.717, 1.165) is 6.20 Å². The standard InChI is InChI=1S/C7H3ClFNO/c8-6-4(9)3-10-5-1-2-11-7(5)6/h1-3H. The molecule has 4 heteroatoms. The van der Waals surface area contributed by atoms with Crippen LogP contribution in [-0.4, -0.2) is 4.98 Å². The van der Waals surface area contributed by atoms with Crippen molar-refractivity contribution in [3.63, 3.8) is 0 Å². The Morgan fingerprint density at radius 3 is 3.18 bits per heavy atom. The molecular weight excluding hydrogens is 169 g/mol. The van der Waals surface area contributed by atoms with Crippen LogP contribution in [0.1, 0.15) is 0 Å². The molecule has 0 aliphatic carbocycles. The summed E-state index contributed by atoms with van der Waals surface area (Å²) in [5.41, 5.74) is 0.864. The second-order valence-corrected chi connectivity index (χ2v) is 2.43. The Kier molecular flexibility index (Phi) is 1.32. The minimum absolute atomic E-state index is 0.0139. The molecule has 0 aliphatic rings. The molecule has 0 atom stereocenters. The van der Waals surface area contributed by atoms with Crippen molar-refractivity contribution in [2.75, 3.05) is 0 Å². The predicted molar refractivity (Wildman–Crippen MR) is 39.0 cm³/mol. The van der Waals surface area contributed by atoms with E-state index in [1.54, 1.807) is 6.07 Å². The monoisotopic (exact) mass is 171 g/mol. The molecule has 0 saturated heterocycles. The van der Waals surface area contributed by atoms with Crippen molar-refractivity contribution < 1.29 is 8.81 Å². The molecule has 0 unspecified atom stereocenters. The van der Waals surface area contributed by atoms with Gasteiger partial charge < -0.3 is 4.42 Å². The van der Waals surface area contributed by atoms with Gasteiger partial charge in [0, 0.05) is 6.07 Å². The van der Waals surface area contributed by atoms with E-state index in [-0.39, 0.29) is 5.02 Å². The number of pyridine rings is 1. The number of halogens is 2. The SMILES string of the molecule is Fc1cnc2ccoc2c1Cl. The summed E-state index contributed by atoms with van der Waals surface area (Å²) in [4.78, 5) is 3.75. The molecule has 0 saturated carbocycles. The topological polar surface area (TPSA) is 26.0 Å². The van der Waals surface area contributed by atoms with Crippen LogP contribution in [0.15, 0.2) is 22.9 Å². The van der Waals surface area contributed by atoms with Gasteiger partial charge in [-0.25, -0.2) is 9.37 Å². The average Bonchev–Trinajstić information content (AvgIpc) is 2.45. The van der Waals surface area contributed by atoms with Gasteiger partial charge in [-0.2, -0.15) is 0 Å². The molecule has 0 bridgehead atoms. The van der Waals surface area contributed by atoms with E-state index >= 15 is 0 Å². The maximum Gasteiger partial charge on any atom is 0.173 e. The van der Waals surface area contributed by atoms with Gasteiger partial charge in [-0.15, -0.1) is 0 Å². The maximum atomic E-state index is 12.7. The quantitative estimate of drug-likeness (QED) is 0.609. The Labute approximate surface area is 66.6 Å². The first-order valence-electron chi connectivity index (χ1n) is 2.96. The van der Waals surface area contributed by atoms with Crippen LogP contribution in [0.5, 0.6) is 0 Å². The van der Waals surface area contributed by atoms with Gasteiger partial charge in [-0.05, 0) is 0 Å². The smallest absolute Gasteiger partial charge is 0.173 e. The molecule has 56 valence electrons. The lowest BCUT2D eigenvalue weighted by Crippen LogP contribution is -1.79. The van der Waals surface area contributed by atoms with E-state index in [4.69, 9.17) is 16.0 Å². The molecule has 0 aromatic carbocycles. The van der Waals surface area contributed by atoms with E-state index in [2.05, 4.69) is 4.98 Å².